The number of nitrogens with zero attached hydrogens (tertiary/aromatic N) is 3. The third-order valence-electron chi connectivity index (χ3n) is 10.8. The van der Waals surface area contributed by atoms with Gasteiger partial charge in [-0.3, -0.25) is 4.98 Å². The maximum Gasteiger partial charge on any atom is 0.0716 e. The van der Waals surface area contributed by atoms with Gasteiger partial charge >= 0.3 is 0 Å². The minimum atomic E-state index is 1.03. The lowest BCUT2D eigenvalue weighted by Crippen LogP contribution is -2.11. The molecule has 0 saturated carbocycles. The van der Waals surface area contributed by atoms with E-state index in [9.17, 15) is 0 Å². The molecule has 3 aromatic heterocycles. The van der Waals surface area contributed by atoms with Crippen molar-refractivity contribution in [2.24, 2.45) is 0 Å². The van der Waals surface area contributed by atoms with Crippen molar-refractivity contribution in [1.29, 1.82) is 0 Å². The number of rotatable bonds is 6. The summed E-state index contributed by atoms with van der Waals surface area (Å²) in [5, 5.41) is 6.26. The fourth-order valence-corrected chi connectivity index (χ4v) is 9.63. The number of hydrogen-bond acceptors (Lipinski definition) is 3. The molecule has 11 rings (SSSR count). The van der Waals surface area contributed by atoms with Crippen molar-refractivity contribution in [2.45, 2.75) is 0 Å². The number of fused-ring (bicyclic) bond motifs is 8. The van der Waals surface area contributed by atoms with Crippen LogP contribution in [-0.4, -0.2) is 9.55 Å². The van der Waals surface area contributed by atoms with E-state index in [0.717, 1.165) is 28.3 Å². The third kappa shape index (κ3) is 5.14. The molecule has 0 amide bonds. The van der Waals surface area contributed by atoms with E-state index in [0.29, 0.717) is 0 Å². The molecule has 0 aliphatic carbocycles. The van der Waals surface area contributed by atoms with Gasteiger partial charge in [0.05, 0.1) is 22.2 Å². The number of anilines is 3. The highest BCUT2D eigenvalue weighted by atomic mass is 32.1. The van der Waals surface area contributed by atoms with Gasteiger partial charge in [0.25, 0.3) is 0 Å². The summed E-state index contributed by atoms with van der Waals surface area (Å²) in [7, 11) is 0. The topological polar surface area (TPSA) is 21.1 Å². The van der Waals surface area contributed by atoms with Crippen LogP contribution in [0.1, 0.15) is 0 Å². The normalized spacial score (nSPS) is 11.6. The Morgan fingerprint density at radius 1 is 0.455 bits per heavy atom. The van der Waals surface area contributed by atoms with Crippen LogP contribution in [0.2, 0.25) is 0 Å². The number of thiophene rings is 1. The molecule has 0 aliphatic heterocycles. The molecule has 0 fully saturated rings. The van der Waals surface area contributed by atoms with Gasteiger partial charge in [0.2, 0.25) is 0 Å². The molecule has 0 N–H and O–H groups in total. The first-order valence-electron chi connectivity index (χ1n) is 18.6. The first-order valence-corrected chi connectivity index (χ1v) is 19.4. The molecule has 8 aromatic carbocycles. The van der Waals surface area contributed by atoms with Gasteiger partial charge in [0, 0.05) is 65.2 Å². The SMILES string of the molecule is c1ccc(-c2ccccc2N(c2ccc(-c3cccc4sc5c6cccnc6ccc5c34)cc2)c2ccc3c4ccccc4n(-c4ccccc4)c3c2)cc1. The lowest BCUT2D eigenvalue weighted by molar-refractivity contribution is 1.18. The first kappa shape index (κ1) is 31.5. The van der Waals surface area contributed by atoms with Crippen LogP contribution in [0, 0.1) is 0 Å². The van der Waals surface area contributed by atoms with Gasteiger partial charge < -0.3 is 9.47 Å². The van der Waals surface area contributed by atoms with E-state index in [4.69, 9.17) is 0 Å². The number of aromatic nitrogens is 2. The number of benzene rings is 8. The Morgan fingerprint density at radius 3 is 2.00 bits per heavy atom. The van der Waals surface area contributed by atoms with Crippen LogP contribution in [0.25, 0.3) is 80.8 Å². The zero-order valence-electron chi connectivity index (χ0n) is 29.8. The molecule has 4 heteroatoms. The first-order chi connectivity index (χ1) is 27.3. The van der Waals surface area contributed by atoms with Crippen LogP contribution in [0.4, 0.5) is 17.1 Å². The van der Waals surface area contributed by atoms with Gasteiger partial charge in [0.1, 0.15) is 0 Å². The minimum Gasteiger partial charge on any atom is -0.310 e. The number of para-hydroxylation sites is 3. The van der Waals surface area contributed by atoms with Crippen LogP contribution in [0.3, 0.4) is 0 Å². The summed E-state index contributed by atoms with van der Waals surface area (Å²) in [6, 6.07) is 70.2. The molecule has 11 aromatic rings. The van der Waals surface area contributed by atoms with E-state index in [1.165, 1.54) is 69.6 Å². The molecule has 0 bridgehead atoms. The molecule has 3 heterocycles. The monoisotopic (exact) mass is 719 g/mol. The van der Waals surface area contributed by atoms with Gasteiger partial charge in [-0.05, 0) is 89.5 Å². The Kier molecular flexibility index (Phi) is 7.35. The Labute approximate surface area is 322 Å². The highest BCUT2D eigenvalue weighted by molar-refractivity contribution is 7.26. The average Bonchev–Trinajstić information content (AvgIpc) is 3.81. The smallest absolute Gasteiger partial charge is 0.0716 e. The summed E-state index contributed by atoms with van der Waals surface area (Å²) < 4.78 is 4.97. The molecule has 55 heavy (non-hydrogen) atoms. The van der Waals surface area contributed by atoms with Crippen molar-refractivity contribution in [3.63, 3.8) is 0 Å². The maximum absolute atomic E-state index is 4.63. The standard InChI is InChI=1S/C51H33N3S/c1-3-13-34(14-4-1)39-17-7-9-21-46(39)53(38-28-29-42-41-18-8-10-22-47(41)54(48(42)33-38)36-15-5-2-6-16-36)37-26-24-35(25-27-37)40-19-11-23-49-50(40)44-30-31-45-43(51(44)55-49)20-12-32-52-45/h1-33H. The lowest BCUT2D eigenvalue weighted by Gasteiger charge is -2.28. The van der Waals surface area contributed by atoms with Crippen molar-refractivity contribution >= 4 is 81.3 Å². The molecule has 0 radical (unpaired) electrons. The molecule has 0 spiro atoms. The van der Waals surface area contributed by atoms with Crippen molar-refractivity contribution in [3.05, 3.63) is 200 Å². The molecule has 0 aliphatic rings. The molecule has 258 valence electrons. The van der Waals surface area contributed by atoms with Crippen molar-refractivity contribution in [3.8, 4) is 27.9 Å². The molecule has 0 saturated heterocycles. The van der Waals surface area contributed by atoms with Crippen molar-refractivity contribution in [2.75, 3.05) is 4.90 Å². The maximum atomic E-state index is 4.63. The highest BCUT2D eigenvalue weighted by Gasteiger charge is 2.21. The summed E-state index contributed by atoms with van der Waals surface area (Å²) in [6.07, 6.45) is 1.87. The van der Waals surface area contributed by atoms with Crippen LogP contribution >= 0.6 is 11.3 Å². The zero-order valence-corrected chi connectivity index (χ0v) is 30.6. The van der Waals surface area contributed by atoms with Crippen LogP contribution in [-0.2, 0) is 0 Å². The Hall–Kier alpha value is -7.01. The largest absolute Gasteiger partial charge is 0.310 e. The van der Waals surface area contributed by atoms with E-state index in [-0.39, 0.29) is 0 Å². The number of hydrogen-bond donors (Lipinski definition) is 0. The second kappa shape index (κ2) is 12.8. The Balaban J connectivity index is 1.11. The lowest BCUT2D eigenvalue weighted by atomic mass is 9.98. The second-order valence-electron chi connectivity index (χ2n) is 13.9. The third-order valence-corrected chi connectivity index (χ3v) is 12.0. The average molecular weight is 720 g/mol. The molecule has 0 atom stereocenters. The quantitative estimate of drug-likeness (QED) is 0.171. The van der Waals surface area contributed by atoms with Gasteiger partial charge in [-0.25, -0.2) is 0 Å². The van der Waals surface area contributed by atoms with Crippen LogP contribution in [0.15, 0.2) is 200 Å². The van der Waals surface area contributed by atoms with Gasteiger partial charge in [-0.1, -0.05) is 121 Å². The summed E-state index contributed by atoms with van der Waals surface area (Å²) in [5.74, 6) is 0. The summed E-state index contributed by atoms with van der Waals surface area (Å²) >= 11 is 1.85. The van der Waals surface area contributed by atoms with E-state index in [2.05, 4.69) is 203 Å². The van der Waals surface area contributed by atoms with Crippen molar-refractivity contribution < 1.29 is 0 Å². The predicted octanol–water partition coefficient (Wildman–Crippen LogP) is 14.5. The van der Waals surface area contributed by atoms with E-state index in [1.807, 2.05) is 23.6 Å². The molecule has 0 unspecified atom stereocenters. The van der Waals surface area contributed by atoms with E-state index < -0.39 is 0 Å². The molecular formula is C51H33N3S. The number of pyridine rings is 1. The molecular weight excluding hydrogens is 687 g/mol. The summed E-state index contributed by atoms with van der Waals surface area (Å²) in [4.78, 5) is 7.05. The van der Waals surface area contributed by atoms with Gasteiger partial charge in [0.15, 0.2) is 0 Å². The summed E-state index contributed by atoms with van der Waals surface area (Å²) in [6.45, 7) is 0. The van der Waals surface area contributed by atoms with E-state index >= 15 is 0 Å². The Bertz CT molecular complexity index is 3200. The van der Waals surface area contributed by atoms with Crippen molar-refractivity contribution in [1.82, 2.24) is 9.55 Å². The van der Waals surface area contributed by atoms with Crippen LogP contribution < -0.4 is 4.90 Å². The molecule has 3 nitrogen and oxygen atoms in total. The zero-order chi connectivity index (χ0) is 36.3. The Morgan fingerprint density at radius 2 is 1.13 bits per heavy atom. The second-order valence-corrected chi connectivity index (χ2v) is 15.0. The van der Waals surface area contributed by atoms with Gasteiger partial charge in [-0.2, -0.15) is 0 Å². The highest BCUT2D eigenvalue weighted by Crippen LogP contribution is 2.46. The van der Waals surface area contributed by atoms with Crippen LogP contribution in [0.5, 0.6) is 0 Å². The van der Waals surface area contributed by atoms with Gasteiger partial charge in [-0.15, -0.1) is 11.3 Å². The summed E-state index contributed by atoms with van der Waals surface area (Å²) in [5.41, 5.74) is 12.6. The fourth-order valence-electron chi connectivity index (χ4n) is 8.38. The predicted molar refractivity (Wildman–Crippen MR) is 235 cm³/mol. The van der Waals surface area contributed by atoms with E-state index in [1.54, 1.807) is 0 Å². The fraction of sp³-hybridized carbons (Fsp3) is 0. The minimum absolute atomic E-state index is 1.03.